The molecule has 4 fully saturated rings. The topological polar surface area (TPSA) is 88.1 Å². The largest absolute Gasteiger partial charge is 0.450 e. The number of esters is 1. The van der Waals surface area contributed by atoms with Crippen LogP contribution in [0, 0.1) is 0 Å². The van der Waals surface area contributed by atoms with Crippen LogP contribution in [0.25, 0.3) is 0 Å². The van der Waals surface area contributed by atoms with E-state index in [2.05, 4.69) is 15.1 Å². The van der Waals surface area contributed by atoms with Gasteiger partial charge in [0.15, 0.2) is 5.82 Å². The predicted octanol–water partition coefficient (Wildman–Crippen LogP) is 1.78. The molecule has 6 heterocycles. The Morgan fingerprint density at radius 3 is 2.50 bits per heavy atom. The van der Waals surface area contributed by atoms with Gasteiger partial charge in [-0.3, -0.25) is 9.69 Å². The van der Waals surface area contributed by atoms with E-state index in [9.17, 15) is 22.8 Å². The highest BCUT2D eigenvalue weighted by Crippen LogP contribution is 2.45. The van der Waals surface area contributed by atoms with Gasteiger partial charge in [0, 0.05) is 63.8 Å². The van der Waals surface area contributed by atoms with Crippen molar-refractivity contribution in [1.29, 1.82) is 0 Å². The van der Waals surface area contributed by atoms with E-state index in [1.165, 1.54) is 0 Å². The monoisotopic (exact) mass is 507 g/mol. The molecule has 0 N–H and O–H groups in total. The first-order valence-corrected chi connectivity index (χ1v) is 12.4. The molecule has 0 saturated carbocycles. The first-order valence-electron chi connectivity index (χ1n) is 12.4. The molecule has 0 radical (unpaired) electrons. The standard InChI is InChI=1S/C24H28F3N5O4/c1-14-20(23(36-22(14)34)4-6-30(7-5-23)16-2-8-35-9-3-16)21(33)32-13-17-18(32)12-31(17)19-10-15(11-28-29-19)24(25,26)27/h10-11,16-18H,2-9,12-13H2,1H3. The van der Waals surface area contributed by atoms with Crippen LogP contribution >= 0.6 is 0 Å². The van der Waals surface area contributed by atoms with Crippen LogP contribution in [-0.4, -0.2) is 95.0 Å². The lowest BCUT2D eigenvalue weighted by Crippen LogP contribution is -2.80. The number of carbonyl (C=O) groups excluding carboxylic acids is 2. The fourth-order valence-electron chi connectivity index (χ4n) is 6.30. The van der Waals surface area contributed by atoms with Crippen LogP contribution < -0.4 is 4.90 Å². The van der Waals surface area contributed by atoms with Gasteiger partial charge in [-0.25, -0.2) is 4.79 Å². The SMILES string of the molecule is CC1=C(C(=O)N2CC3C2CN3c2cc(C(F)(F)F)cnn2)C2(CCN(C3CCOCC3)CC2)OC1=O. The number of piperidine rings is 1. The molecule has 12 heteroatoms. The zero-order chi connectivity index (χ0) is 25.2. The van der Waals surface area contributed by atoms with Gasteiger partial charge in [0.1, 0.15) is 5.60 Å². The molecule has 6 rings (SSSR count). The molecule has 4 saturated heterocycles. The number of halogens is 3. The van der Waals surface area contributed by atoms with Crippen molar-refractivity contribution >= 4 is 17.7 Å². The first-order chi connectivity index (χ1) is 17.2. The number of piperazine rings is 1. The lowest BCUT2D eigenvalue weighted by Gasteiger charge is -2.62. The number of likely N-dealkylation sites (tertiary alicyclic amines) is 2. The van der Waals surface area contributed by atoms with Crippen molar-refractivity contribution in [3.8, 4) is 0 Å². The van der Waals surface area contributed by atoms with Gasteiger partial charge in [-0.15, -0.1) is 5.10 Å². The predicted molar refractivity (Wildman–Crippen MR) is 120 cm³/mol. The second-order valence-electron chi connectivity index (χ2n) is 10.3. The molecule has 2 atom stereocenters. The molecule has 1 aromatic rings. The van der Waals surface area contributed by atoms with Crippen molar-refractivity contribution in [2.45, 2.75) is 62.5 Å². The average Bonchev–Trinajstić information content (AvgIpc) is 3.09. The Bertz CT molecular complexity index is 1110. The van der Waals surface area contributed by atoms with Crippen LogP contribution in [-0.2, 0) is 25.2 Å². The van der Waals surface area contributed by atoms with Crippen molar-refractivity contribution in [3.05, 3.63) is 29.0 Å². The second-order valence-corrected chi connectivity index (χ2v) is 10.3. The van der Waals surface area contributed by atoms with Gasteiger partial charge in [0.05, 0.1) is 29.4 Å². The van der Waals surface area contributed by atoms with Crippen molar-refractivity contribution < 1.29 is 32.2 Å². The number of amides is 1. The van der Waals surface area contributed by atoms with Crippen molar-refractivity contribution in [2.24, 2.45) is 0 Å². The smallest absolute Gasteiger partial charge is 0.418 e. The van der Waals surface area contributed by atoms with E-state index >= 15 is 0 Å². The summed E-state index contributed by atoms with van der Waals surface area (Å²) in [5, 5.41) is 7.37. The Balaban J connectivity index is 1.13. The summed E-state index contributed by atoms with van der Waals surface area (Å²) in [5.74, 6) is -0.483. The molecule has 9 nitrogen and oxygen atoms in total. The van der Waals surface area contributed by atoms with Crippen LogP contribution in [0.4, 0.5) is 19.0 Å². The van der Waals surface area contributed by atoms with Crippen LogP contribution in [0.2, 0.25) is 0 Å². The average molecular weight is 508 g/mol. The number of hydrogen-bond donors (Lipinski definition) is 0. The van der Waals surface area contributed by atoms with E-state index in [1.54, 1.807) is 16.7 Å². The van der Waals surface area contributed by atoms with Gasteiger partial charge in [-0.1, -0.05) is 0 Å². The van der Waals surface area contributed by atoms with E-state index in [0.29, 0.717) is 49.3 Å². The molecule has 1 amide bonds. The van der Waals surface area contributed by atoms with Crippen LogP contribution in [0.3, 0.4) is 0 Å². The maximum absolute atomic E-state index is 13.7. The van der Waals surface area contributed by atoms with E-state index < -0.39 is 23.3 Å². The van der Waals surface area contributed by atoms with Gasteiger partial charge < -0.3 is 19.3 Å². The minimum Gasteiger partial charge on any atom is -0.450 e. The molecule has 2 unspecified atom stereocenters. The third kappa shape index (κ3) is 3.68. The summed E-state index contributed by atoms with van der Waals surface area (Å²) in [5.41, 5.74) is -0.932. The van der Waals surface area contributed by atoms with Crippen molar-refractivity contribution in [3.63, 3.8) is 0 Å². The number of ether oxygens (including phenoxy) is 2. The van der Waals surface area contributed by atoms with Gasteiger partial charge >= 0.3 is 12.1 Å². The summed E-state index contributed by atoms with van der Waals surface area (Å²) >= 11 is 0. The fraction of sp³-hybridized carbons (Fsp3) is 0.667. The number of fused-ring (bicyclic) bond motifs is 1. The van der Waals surface area contributed by atoms with Crippen molar-refractivity contribution in [1.82, 2.24) is 20.0 Å². The van der Waals surface area contributed by atoms with Gasteiger partial charge in [0.2, 0.25) is 0 Å². The number of anilines is 1. The summed E-state index contributed by atoms with van der Waals surface area (Å²) in [4.78, 5) is 32.1. The number of hydrogen-bond acceptors (Lipinski definition) is 8. The molecule has 194 valence electrons. The van der Waals surface area contributed by atoms with E-state index in [-0.39, 0.29) is 23.8 Å². The highest BCUT2D eigenvalue weighted by molar-refractivity contribution is 6.07. The number of rotatable bonds is 3. The molecule has 36 heavy (non-hydrogen) atoms. The lowest BCUT2D eigenvalue weighted by atomic mass is 9.79. The maximum Gasteiger partial charge on any atom is 0.418 e. The van der Waals surface area contributed by atoms with Crippen LogP contribution in [0.1, 0.15) is 38.2 Å². The quantitative estimate of drug-likeness (QED) is 0.573. The van der Waals surface area contributed by atoms with Crippen molar-refractivity contribution in [2.75, 3.05) is 44.3 Å². The Morgan fingerprint density at radius 2 is 1.86 bits per heavy atom. The molecule has 0 aromatic carbocycles. The number of nitrogens with zero attached hydrogens (tertiary/aromatic N) is 5. The summed E-state index contributed by atoms with van der Waals surface area (Å²) in [7, 11) is 0. The van der Waals surface area contributed by atoms with Gasteiger partial charge in [-0.2, -0.15) is 18.3 Å². The molecular formula is C24H28F3N5O4. The van der Waals surface area contributed by atoms with Gasteiger partial charge in [-0.05, 0) is 25.8 Å². The van der Waals surface area contributed by atoms with E-state index in [4.69, 9.17) is 9.47 Å². The van der Waals surface area contributed by atoms with E-state index in [0.717, 1.165) is 45.2 Å². The summed E-state index contributed by atoms with van der Waals surface area (Å²) in [6.07, 6.45) is -0.681. The summed E-state index contributed by atoms with van der Waals surface area (Å²) in [6, 6.07) is 1.19. The summed E-state index contributed by atoms with van der Waals surface area (Å²) in [6.45, 7) is 5.38. The maximum atomic E-state index is 13.7. The highest BCUT2D eigenvalue weighted by Gasteiger charge is 2.59. The Labute approximate surface area is 206 Å². The van der Waals surface area contributed by atoms with Crippen LogP contribution in [0.5, 0.6) is 0 Å². The molecule has 0 aliphatic carbocycles. The fourth-order valence-corrected chi connectivity index (χ4v) is 6.30. The normalized spacial score (nSPS) is 28.6. The highest BCUT2D eigenvalue weighted by atomic mass is 19.4. The molecule has 5 aliphatic rings. The second kappa shape index (κ2) is 8.41. The molecule has 1 spiro atoms. The first kappa shape index (κ1) is 23.7. The molecule has 0 bridgehead atoms. The number of alkyl halides is 3. The van der Waals surface area contributed by atoms with E-state index in [1.807, 2.05) is 0 Å². The Hall–Kier alpha value is -2.73. The minimum absolute atomic E-state index is 0.114. The Kier molecular flexibility index (Phi) is 5.52. The third-order valence-corrected chi connectivity index (χ3v) is 8.49. The minimum atomic E-state index is -4.50. The zero-order valence-electron chi connectivity index (χ0n) is 20.0. The summed E-state index contributed by atoms with van der Waals surface area (Å²) < 4.78 is 50.5. The third-order valence-electron chi connectivity index (χ3n) is 8.49. The molecular weight excluding hydrogens is 479 g/mol. The van der Waals surface area contributed by atoms with Gasteiger partial charge in [0.25, 0.3) is 5.91 Å². The lowest BCUT2D eigenvalue weighted by molar-refractivity contribution is -0.154. The Morgan fingerprint density at radius 1 is 1.14 bits per heavy atom. The molecule has 5 aliphatic heterocycles. The van der Waals surface area contributed by atoms with Crippen LogP contribution in [0.15, 0.2) is 23.4 Å². The zero-order valence-corrected chi connectivity index (χ0v) is 20.0. The molecule has 1 aromatic heterocycles. The number of carbonyl (C=O) groups is 2. The number of aromatic nitrogens is 2.